The normalized spacial score (nSPS) is 10.9. The molecule has 112 valence electrons. The molecule has 0 bridgehead atoms. The maximum atomic E-state index is 12.2. The van der Waals surface area contributed by atoms with E-state index in [1.165, 1.54) is 0 Å². The maximum Gasteiger partial charge on any atom is 0.230 e. The van der Waals surface area contributed by atoms with Crippen LogP contribution in [0.15, 0.2) is 40.9 Å². The Hall–Kier alpha value is -1.89. The Balaban J connectivity index is 1.83. The Kier molecular flexibility index (Phi) is 4.15. The van der Waals surface area contributed by atoms with Crippen LogP contribution < -0.4 is 5.32 Å². The molecule has 1 N–H and O–H groups in total. The second-order valence-corrected chi connectivity index (χ2v) is 6.43. The van der Waals surface area contributed by atoms with Crippen molar-refractivity contribution in [2.24, 2.45) is 0 Å². The third-order valence-electron chi connectivity index (χ3n) is 3.64. The number of aryl methyl sites for hydroxylation is 2. The summed E-state index contributed by atoms with van der Waals surface area (Å²) >= 11 is 2.20. The van der Waals surface area contributed by atoms with E-state index in [9.17, 15) is 4.79 Å². The van der Waals surface area contributed by atoms with Crippen molar-refractivity contribution in [1.82, 2.24) is 5.16 Å². The van der Waals surface area contributed by atoms with Crippen LogP contribution in [0.25, 0.3) is 11.0 Å². The van der Waals surface area contributed by atoms with Crippen LogP contribution >= 0.6 is 22.6 Å². The van der Waals surface area contributed by atoms with Crippen molar-refractivity contribution in [3.05, 3.63) is 56.8 Å². The highest BCUT2D eigenvalue weighted by atomic mass is 127. The van der Waals surface area contributed by atoms with Crippen LogP contribution in [0.3, 0.4) is 0 Å². The van der Waals surface area contributed by atoms with Crippen molar-refractivity contribution >= 4 is 45.2 Å². The quantitative estimate of drug-likeness (QED) is 0.663. The maximum absolute atomic E-state index is 12.2. The van der Waals surface area contributed by atoms with Gasteiger partial charge in [-0.15, -0.1) is 0 Å². The molecule has 4 nitrogen and oxygen atoms in total. The van der Waals surface area contributed by atoms with Gasteiger partial charge in [0.2, 0.25) is 5.91 Å². The molecule has 0 aliphatic rings. The van der Waals surface area contributed by atoms with Gasteiger partial charge in [-0.05, 0) is 71.8 Å². The summed E-state index contributed by atoms with van der Waals surface area (Å²) in [5, 5.41) is 7.86. The van der Waals surface area contributed by atoms with Gasteiger partial charge in [-0.2, -0.15) is 0 Å². The van der Waals surface area contributed by atoms with Gasteiger partial charge in [0.05, 0.1) is 12.1 Å². The van der Waals surface area contributed by atoms with Crippen LogP contribution in [0.1, 0.15) is 16.8 Å². The molecule has 1 heterocycles. The number of anilines is 1. The Labute approximate surface area is 142 Å². The van der Waals surface area contributed by atoms with Crippen molar-refractivity contribution in [2.75, 3.05) is 5.32 Å². The highest BCUT2D eigenvalue weighted by Crippen LogP contribution is 2.23. The van der Waals surface area contributed by atoms with Gasteiger partial charge in [-0.1, -0.05) is 17.3 Å². The van der Waals surface area contributed by atoms with Crippen molar-refractivity contribution < 1.29 is 9.32 Å². The number of rotatable bonds is 3. The average molecular weight is 406 g/mol. The molecule has 0 aliphatic carbocycles. The van der Waals surface area contributed by atoms with E-state index in [1.807, 2.05) is 50.2 Å². The second-order valence-electron chi connectivity index (χ2n) is 5.27. The molecule has 1 amide bonds. The number of hydrogen-bond donors (Lipinski definition) is 1. The SMILES string of the molecule is Cc1cc2onc(CC(=O)Nc3ccccc3I)c2cc1C. The number of benzene rings is 2. The van der Waals surface area contributed by atoms with Gasteiger partial charge in [-0.25, -0.2) is 0 Å². The number of para-hydroxylation sites is 1. The van der Waals surface area contributed by atoms with E-state index in [0.29, 0.717) is 5.69 Å². The van der Waals surface area contributed by atoms with E-state index in [0.717, 1.165) is 31.4 Å². The van der Waals surface area contributed by atoms with Crippen molar-refractivity contribution in [2.45, 2.75) is 20.3 Å². The van der Waals surface area contributed by atoms with E-state index >= 15 is 0 Å². The molecule has 0 radical (unpaired) electrons. The fourth-order valence-corrected chi connectivity index (χ4v) is 2.80. The highest BCUT2D eigenvalue weighted by molar-refractivity contribution is 14.1. The van der Waals surface area contributed by atoms with E-state index in [4.69, 9.17) is 4.52 Å². The van der Waals surface area contributed by atoms with Gasteiger partial charge in [0.1, 0.15) is 5.69 Å². The van der Waals surface area contributed by atoms with Crippen molar-refractivity contribution in [3.63, 3.8) is 0 Å². The van der Waals surface area contributed by atoms with Crippen molar-refractivity contribution in [3.8, 4) is 0 Å². The first kappa shape index (κ1) is 15.0. The summed E-state index contributed by atoms with van der Waals surface area (Å²) in [7, 11) is 0. The Morgan fingerprint density at radius 2 is 1.95 bits per heavy atom. The van der Waals surface area contributed by atoms with Crippen molar-refractivity contribution in [1.29, 1.82) is 0 Å². The molecule has 0 atom stereocenters. The minimum atomic E-state index is -0.0995. The minimum absolute atomic E-state index is 0.0995. The Morgan fingerprint density at radius 3 is 2.73 bits per heavy atom. The smallest absolute Gasteiger partial charge is 0.230 e. The summed E-state index contributed by atoms with van der Waals surface area (Å²) < 4.78 is 6.33. The first-order chi connectivity index (χ1) is 10.5. The van der Waals surface area contributed by atoms with Gasteiger partial charge < -0.3 is 9.84 Å². The molecule has 0 unspecified atom stereocenters. The number of amides is 1. The largest absolute Gasteiger partial charge is 0.356 e. The average Bonchev–Trinajstić information content (AvgIpc) is 2.84. The van der Waals surface area contributed by atoms with Crippen LogP contribution in [-0.4, -0.2) is 11.1 Å². The van der Waals surface area contributed by atoms with E-state index in [2.05, 4.69) is 33.1 Å². The second kappa shape index (κ2) is 6.08. The first-order valence-corrected chi connectivity index (χ1v) is 8.02. The summed E-state index contributed by atoms with van der Waals surface area (Å²) in [6.45, 7) is 4.07. The number of fused-ring (bicyclic) bond motifs is 1. The number of halogens is 1. The third-order valence-corrected chi connectivity index (χ3v) is 4.58. The summed E-state index contributed by atoms with van der Waals surface area (Å²) in [6, 6.07) is 11.7. The Bertz CT molecular complexity index is 855. The van der Waals surface area contributed by atoms with Crippen LogP contribution in [-0.2, 0) is 11.2 Å². The molecule has 2 aromatic carbocycles. The van der Waals surface area contributed by atoms with E-state index in [1.54, 1.807) is 0 Å². The molecule has 0 aliphatic heterocycles. The van der Waals surface area contributed by atoms with Gasteiger partial charge in [0, 0.05) is 8.96 Å². The van der Waals surface area contributed by atoms with Crippen LogP contribution in [0.2, 0.25) is 0 Å². The molecule has 1 aromatic heterocycles. The fourth-order valence-electron chi connectivity index (χ4n) is 2.28. The van der Waals surface area contributed by atoms with Gasteiger partial charge in [-0.3, -0.25) is 4.79 Å². The monoisotopic (exact) mass is 406 g/mol. The number of aromatic nitrogens is 1. The lowest BCUT2D eigenvalue weighted by molar-refractivity contribution is -0.115. The molecule has 3 aromatic rings. The zero-order valence-corrected chi connectivity index (χ0v) is 14.5. The minimum Gasteiger partial charge on any atom is -0.356 e. The van der Waals surface area contributed by atoms with Crippen LogP contribution in [0, 0.1) is 17.4 Å². The van der Waals surface area contributed by atoms with Gasteiger partial charge in [0.25, 0.3) is 0 Å². The van der Waals surface area contributed by atoms with Gasteiger partial charge >= 0.3 is 0 Å². The summed E-state index contributed by atoms with van der Waals surface area (Å²) in [5.41, 5.74) is 4.52. The molecule has 3 rings (SSSR count). The molecule has 0 saturated carbocycles. The molecule has 22 heavy (non-hydrogen) atoms. The molecule has 0 spiro atoms. The number of nitrogens with one attached hydrogen (secondary N) is 1. The standard InChI is InChI=1S/C17H15IN2O2/c1-10-7-12-15(20-22-16(12)8-11(10)2)9-17(21)19-14-6-4-3-5-13(14)18/h3-8H,9H2,1-2H3,(H,19,21). The molecule has 5 heteroatoms. The van der Waals surface area contributed by atoms with Crippen LogP contribution in [0.4, 0.5) is 5.69 Å². The number of carbonyl (C=O) groups is 1. The predicted octanol–water partition coefficient (Wildman–Crippen LogP) is 4.23. The number of hydrogen-bond acceptors (Lipinski definition) is 3. The first-order valence-electron chi connectivity index (χ1n) is 6.94. The predicted molar refractivity (Wildman–Crippen MR) is 95.0 cm³/mol. The lowest BCUT2D eigenvalue weighted by Crippen LogP contribution is -2.15. The Morgan fingerprint density at radius 1 is 1.23 bits per heavy atom. The molecular formula is C17H15IN2O2. The molecular weight excluding hydrogens is 391 g/mol. The lowest BCUT2D eigenvalue weighted by atomic mass is 10.1. The summed E-state index contributed by atoms with van der Waals surface area (Å²) in [4.78, 5) is 12.2. The summed E-state index contributed by atoms with van der Waals surface area (Å²) in [5.74, 6) is -0.0995. The lowest BCUT2D eigenvalue weighted by Gasteiger charge is -2.06. The topological polar surface area (TPSA) is 55.1 Å². The molecule has 0 fully saturated rings. The third kappa shape index (κ3) is 2.99. The summed E-state index contributed by atoms with van der Waals surface area (Å²) in [6.07, 6.45) is 0.195. The highest BCUT2D eigenvalue weighted by Gasteiger charge is 2.14. The fraction of sp³-hybridized carbons (Fsp3) is 0.176. The molecule has 0 saturated heterocycles. The zero-order valence-electron chi connectivity index (χ0n) is 12.3. The van der Waals surface area contributed by atoms with E-state index in [-0.39, 0.29) is 12.3 Å². The van der Waals surface area contributed by atoms with E-state index < -0.39 is 0 Å². The van der Waals surface area contributed by atoms with Crippen LogP contribution in [0.5, 0.6) is 0 Å². The number of nitrogens with zero attached hydrogens (tertiary/aromatic N) is 1. The van der Waals surface area contributed by atoms with Gasteiger partial charge in [0.15, 0.2) is 5.58 Å². The zero-order chi connectivity index (χ0) is 15.7. The number of carbonyl (C=O) groups excluding carboxylic acids is 1.